The Bertz CT molecular complexity index is 358. The van der Waals surface area contributed by atoms with Crippen molar-refractivity contribution in [3.63, 3.8) is 0 Å². The van der Waals surface area contributed by atoms with Crippen LogP contribution in [0.4, 0.5) is 0 Å². The summed E-state index contributed by atoms with van der Waals surface area (Å²) in [7, 11) is 0. The van der Waals surface area contributed by atoms with E-state index in [1.165, 1.54) is 0 Å². The fraction of sp³-hybridized carbons (Fsp3) is 0.750. The Morgan fingerprint density at radius 1 is 1.21 bits per heavy atom. The molecule has 7 nitrogen and oxygen atoms in total. The number of hydrogen-bond donors (Lipinski definition) is 3. The number of amides is 1. The van der Waals surface area contributed by atoms with Crippen LogP contribution in [0.15, 0.2) is 0 Å². The lowest BCUT2D eigenvalue weighted by Crippen LogP contribution is -2.51. The van der Waals surface area contributed by atoms with Crippen LogP contribution in [0.3, 0.4) is 0 Å². The number of nitrogens with zero attached hydrogens (tertiary/aromatic N) is 1. The number of carbonyl (C=O) groups excluding carboxylic acids is 1. The van der Waals surface area contributed by atoms with Gasteiger partial charge in [-0.15, -0.1) is 0 Å². The predicted octanol–water partition coefficient (Wildman–Crippen LogP) is -0.380. The van der Waals surface area contributed by atoms with Crippen LogP contribution in [0, 0.1) is 11.3 Å². The smallest absolute Gasteiger partial charge is 0.323 e. The molecule has 3 N–H and O–H groups in total. The minimum absolute atomic E-state index is 0.0140. The van der Waals surface area contributed by atoms with Crippen LogP contribution in [-0.4, -0.2) is 59.1 Å². The van der Waals surface area contributed by atoms with E-state index in [9.17, 15) is 14.4 Å². The van der Waals surface area contributed by atoms with E-state index in [1.54, 1.807) is 0 Å². The zero-order chi connectivity index (χ0) is 14.6. The molecule has 1 rings (SSSR count). The summed E-state index contributed by atoms with van der Waals surface area (Å²) in [6.07, 6.45) is 0.596. The highest BCUT2D eigenvalue weighted by atomic mass is 16.4. The van der Waals surface area contributed by atoms with Gasteiger partial charge >= 0.3 is 11.9 Å². The Morgan fingerprint density at radius 3 is 2.05 bits per heavy atom. The number of carbonyl (C=O) groups is 3. The highest BCUT2D eigenvalue weighted by Crippen LogP contribution is 2.36. The van der Waals surface area contributed by atoms with Crippen LogP contribution in [-0.2, 0) is 14.4 Å². The van der Waals surface area contributed by atoms with Gasteiger partial charge in [-0.2, -0.15) is 0 Å². The summed E-state index contributed by atoms with van der Waals surface area (Å²) in [5.74, 6) is -2.80. The molecule has 1 fully saturated rings. The first-order valence-electron chi connectivity index (χ1n) is 6.23. The molecule has 0 aliphatic carbocycles. The molecule has 0 aromatic rings. The normalized spacial score (nSPS) is 22.5. The molecule has 1 aliphatic rings. The highest BCUT2D eigenvalue weighted by molar-refractivity contribution is 5.89. The minimum Gasteiger partial charge on any atom is -0.480 e. The van der Waals surface area contributed by atoms with Gasteiger partial charge in [0.15, 0.2) is 0 Å². The monoisotopic (exact) mass is 272 g/mol. The van der Waals surface area contributed by atoms with Crippen molar-refractivity contribution >= 4 is 17.8 Å². The second-order valence-electron chi connectivity index (χ2n) is 5.19. The first-order chi connectivity index (χ1) is 8.79. The summed E-state index contributed by atoms with van der Waals surface area (Å²) >= 11 is 0. The quantitative estimate of drug-likeness (QED) is 0.608. The molecule has 1 aliphatic heterocycles. The Morgan fingerprint density at radius 2 is 1.74 bits per heavy atom. The fourth-order valence-corrected chi connectivity index (χ4v) is 2.47. The van der Waals surface area contributed by atoms with Crippen molar-refractivity contribution in [3.05, 3.63) is 0 Å². The van der Waals surface area contributed by atoms with Crippen molar-refractivity contribution in [1.82, 2.24) is 10.2 Å². The fourth-order valence-electron chi connectivity index (χ4n) is 2.47. The number of carboxylic acids is 2. The van der Waals surface area contributed by atoms with Crippen LogP contribution in [0.2, 0.25) is 0 Å². The van der Waals surface area contributed by atoms with Crippen LogP contribution < -0.4 is 5.32 Å². The summed E-state index contributed by atoms with van der Waals surface area (Å²) in [4.78, 5) is 35.0. The van der Waals surface area contributed by atoms with Crippen LogP contribution in [0.5, 0.6) is 0 Å². The lowest BCUT2D eigenvalue weighted by Gasteiger charge is -2.35. The number of hydrogen-bond acceptors (Lipinski definition) is 4. The van der Waals surface area contributed by atoms with Gasteiger partial charge in [-0.25, -0.2) is 0 Å². The van der Waals surface area contributed by atoms with Crippen molar-refractivity contribution in [1.29, 1.82) is 0 Å². The molecule has 0 saturated carbocycles. The molecule has 1 atom stereocenters. The third kappa shape index (κ3) is 3.44. The van der Waals surface area contributed by atoms with Gasteiger partial charge in [-0.1, -0.05) is 13.8 Å². The molecule has 0 aromatic carbocycles. The molecule has 1 amide bonds. The summed E-state index contributed by atoms with van der Waals surface area (Å²) < 4.78 is 0. The highest BCUT2D eigenvalue weighted by Gasteiger charge is 2.46. The van der Waals surface area contributed by atoms with E-state index in [1.807, 2.05) is 13.8 Å². The molecule has 19 heavy (non-hydrogen) atoms. The van der Waals surface area contributed by atoms with E-state index in [4.69, 9.17) is 10.2 Å². The third-order valence-electron chi connectivity index (χ3n) is 3.66. The zero-order valence-corrected chi connectivity index (χ0v) is 11.2. The van der Waals surface area contributed by atoms with Gasteiger partial charge in [-0.3, -0.25) is 14.4 Å². The summed E-state index contributed by atoms with van der Waals surface area (Å²) in [6.45, 7) is 3.76. The lowest BCUT2D eigenvalue weighted by atomic mass is 9.75. The molecule has 0 radical (unpaired) electrons. The Kier molecular flexibility index (Phi) is 4.88. The van der Waals surface area contributed by atoms with Crippen molar-refractivity contribution in [2.24, 2.45) is 11.3 Å². The molecule has 7 heteroatoms. The molecule has 1 saturated heterocycles. The first-order valence-corrected chi connectivity index (χ1v) is 6.23. The molecule has 0 bridgehead atoms. The largest absolute Gasteiger partial charge is 0.480 e. The number of rotatable bonds is 6. The van der Waals surface area contributed by atoms with Gasteiger partial charge in [0, 0.05) is 6.54 Å². The van der Waals surface area contributed by atoms with Crippen molar-refractivity contribution in [2.45, 2.75) is 20.3 Å². The molecular weight excluding hydrogens is 252 g/mol. The van der Waals surface area contributed by atoms with E-state index in [0.717, 1.165) is 4.90 Å². The van der Waals surface area contributed by atoms with Gasteiger partial charge in [0.05, 0.1) is 5.41 Å². The molecule has 0 aromatic heterocycles. The maximum absolute atomic E-state index is 12.5. The van der Waals surface area contributed by atoms with E-state index < -0.39 is 36.4 Å². The lowest BCUT2D eigenvalue weighted by molar-refractivity contribution is -0.155. The summed E-state index contributed by atoms with van der Waals surface area (Å²) in [6, 6.07) is 0. The van der Waals surface area contributed by atoms with Crippen LogP contribution in [0.1, 0.15) is 20.3 Å². The second kappa shape index (κ2) is 6.01. The van der Waals surface area contributed by atoms with Gasteiger partial charge in [0.2, 0.25) is 5.91 Å². The van der Waals surface area contributed by atoms with Crippen LogP contribution >= 0.6 is 0 Å². The maximum atomic E-state index is 12.5. The van der Waals surface area contributed by atoms with Gasteiger partial charge in [-0.05, 0) is 18.9 Å². The van der Waals surface area contributed by atoms with Gasteiger partial charge in [0.25, 0.3) is 0 Å². The number of nitrogens with one attached hydrogen (secondary N) is 1. The van der Waals surface area contributed by atoms with Crippen LogP contribution in [0.25, 0.3) is 0 Å². The number of carboxylic acid groups (broad SMARTS) is 2. The zero-order valence-electron chi connectivity index (χ0n) is 11.2. The molecule has 108 valence electrons. The maximum Gasteiger partial charge on any atom is 0.323 e. The Labute approximate surface area is 111 Å². The average molecular weight is 272 g/mol. The number of aliphatic carboxylic acids is 2. The van der Waals surface area contributed by atoms with Gasteiger partial charge in [0.1, 0.15) is 13.1 Å². The van der Waals surface area contributed by atoms with E-state index >= 15 is 0 Å². The second-order valence-corrected chi connectivity index (χ2v) is 5.19. The predicted molar refractivity (Wildman–Crippen MR) is 66.6 cm³/mol. The van der Waals surface area contributed by atoms with Crippen molar-refractivity contribution in [2.75, 3.05) is 26.2 Å². The summed E-state index contributed by atoms with van der Waals surface area (Å²) in [5, 5.41) is 20.7. The molecule has 0 spiro atoms. The Balaban J connectivity index is 2.95. The first kappa shape index (κ1) is 15.4. The Hall–Kier alpha value is -1.63. The minimum atomic E-state index is -1.21. The summed E-state index contributed by atoms with van der Waals surface area (Å²) in [5.41, 5.74) is -0.703. The standard InChI is InChI=1S/C12H20N2O5/c1-8(2)12(3-4-13-7-12)11(19)14(5-9(15)16)6-10(17)18/h8,13H,3-7H2,1-2H3,(H,15,16)(H,17,18). The van der Waals surface area contributed by atoms with E-state index in [-0.39, 0.29) is 5.92 Å². The van der Waals surface area contributed by atoms with E-state index in [0.29, 0.717) is 19.5 Å². The van der Waals surface area contributed by atoms with Crippen molar-refractivity contribution in [3.8, 4) is 0 Å². The van der Waals surface area contributed by atoms with E-state index in [2.05, 4.69) is 5.32 Å². The molecule has 1 heterocycles. The third-order valence-corrected chi connectivity index (χ3v) is 3.66. The molecule has 1 unspecified atom stereocenters. The molecular formula is C12H20N2O5. The van der Waals surface area contributed by atoms with Gasteiger partial charge < -0.3 is 20.4 Å². The SMILES string of the molecule is CC(C)C1(C(=O)N(CC(=O)O)CC(=O)O)CCNC1. The average Bonchev–Trinajstić information content (AvgIpc) is 2.76. The topological polar surface area (TPSA) is 107 Å². The van der Waals surface area contributed by atoms with Crippen molar-refractivity contribution < 1.29 is 24.6 Å².